The Labute approximate surface area is 82.9 Å². The van der Waals surface area contributed by atoms with Crippen LogP contribution in [0.4, 0.5) is 0 Å². The van der Waals surface area contributed by atoms with Crippen molar-refractivity contribution in [2.45, 2.75) is 20.8 Å². The fourth-order valence-corrected chi connectivity index (χ4v) is 0.923. The maximum absolute atomic E-state index is 11.2. The number of carbonyl (C=O) groups excluding carboxylic acids is 1. The third-order valence-electron chi connectivity index (χ3n) is 1.33. The topological polar surface area (TPSA) is 95.9 Å². The van der Waals surface area contributed by atoms with Gasteiger partial charge in [-0.2, -0.15) is 0 Å². The van der Waals surface area contributed by atoms with E-state index in [-0.39, 0.29) is 19.1 Å². The van der Waals surface area contributed by atoms with Gasteiger partial charge in [0.05, 0.1) is 6.61 Å². The first-order valence-electron chi connectivity index (χ1n) is 4.11. The smallest absolute Gasteiger partial charge is 0.353 e. The highest BCUT2D eigenvalue weighted by Crippen LogP contribution is 2.35. The van der Waals surface area contributed by atoms with E-state index in [0.717, 1.165) is 0 Å². The molecule has 6 nitrogen and oxygen atoms in total. The molecule has 14 heavy (non-hydrogen) atoms. The largest absolute Gasteiger partial charge is 0.469 e. The number of rotatable bonds is 4. The summed E-state index contributed by atoms with van der Waals surface area (Å²) in [4.78, 5) is 27.9. The first kappa shape index (κ1) is 13.6. The summed E-state index contributed by atoms with van der Waals surface area (Å²) in [6, 6.07) is 0. The van der Waals surface area contributed by atoms with E-state index in [1.54, 1.807) is 20.8 Å². The number of phosphoric ester groups is 1. The van der Waals surface area contributed by atoms with Crippen LogP contribution in [0.15, 0.2) is 0 Å². The van der Waals surface area contributed by atoms with Gasteiger partial charge in [0.25, 0.3) is 0 Å². The van der Waals surface area contributed by atoms with Gasteiger partial charge in [0.15, 0.2) is 0 Å². The third-order valence-corrected chi connectivity index (χ3v) is 1.85. The lowest BCUT2D eigenvalue weighted by molar-refractivity contribution is -0.128. The summed E-state index contributed by atoms with van der Waals surface area (Å²) in [6.45, 7) is 5.11. The van der Waals surface area contributed by atoms with E-state index in [9.17, 15) is 9.36 Å². The minimum Gasteiger partial charge on any atom is -0.353 e. The highest BCUT2D eigenvalue weighted by atomic mass is 31.2. The number of amides is 1. The van der Waals surface area contributed by atoms with E-state index < -0.39 is 13.2 Å². The summed E-state index contributed by atoms with van der Waals surface area (Å²) in [7, 11) is -4.42. The van der Waals surface area contributed by atoms with Crippen molar-refractivity contribution in [1.29, 1.82) is 0 Å². The normalized spacial score (nSPS) is 12.6. The zero-order valence-electron chi connectivity index (χ0n) is 8.48. The second kappa shape index (κ2) is 4.89. The Morgan fingerprint density at radius 2 is 1.93 bits per heavy atom. The van der Waals surface area contributed by atoms with Gasteiger partial charge in [-0.15, -0.1) is 0 Å². The maximum atomic E-state index is 11.2. The van der Waals surface area contributed by atoms with Crippen LogP contribution in [0.5, 0.6) is 0 Å². The summed E-state index contributed by atoms with van der Waals surface area (Å²) in [5.74, 6) is -0.188. The lowest BCUT2D eigenvalue weighted by atomic mass is 9.96. The fourth-order valence-electron chi connectivity index (χ4n) is 0.594. The average Bonchev–Trinajstić information content (AvgIpc) is 1.93. The van der Waals surface area contributed by atoms with E-state index in [0.29, 0.717) is 0 Å². The van der Waals surface area contributed by atoms with Crippen molar-refractivity contribution in [1.82, 2.24) is 5.32 Å². The fraction of sp³-hybridized carbons (Fsp3) is 0.857. The molecule has 0 fully saturated rings. The molecular weight excluding hydrogens is 209 g/mol. The Morgan fingerprint density at radius 3 is 2.29 bits per heavy atom. The van der Waals surface area contributed by atoms with Gasteiger partial charge in [0.2, 0.25) is 5.91 Å². The predicted molar refractivity (Wildman–Crippen MR) is 50.5 cm³/mol. The molecular formula is C7H16NO5P. The second-order valence-corrected chi connectivity index (χ2v) is 5.07. The van der Waals surface area contributed by atoms with Crippen LogP contribution in [0.3, 0.4) is 0 Å². The van der Waals surface area contributed by atoms with Gasteiger partial charge in [0, 0.05) is 12.0 Å². The van der Waals surface area contributed by atoms with Crippen LogP contribution in [0.2, 0.25) is 0 Å². The average molecular weight is 225 g/mol. The van der Waals surface area contributed by atoms with Crippen molar-refractivity contribution in [3.8, 4) is 0 Å². The zero-order chi connectivity index (χ0) is 11.4. The van der Waals surface area contributed by atoms with Crippen LogP contribution in [-0.4, -0.2) is 28.8 Å². The molecule has 0 heterocycles. The van der Waals surface area contributed by atoms with Gasteiger partial charge in [-0.05, 0) is 0 Å². The van der Waals surface area contributed by atoms with E-state index in [1.807, 2.05) is 0 Å². The molecule has 0 aliphatic heterocycles. The van der Waals surface area contributed by atoms with Crippen molar-refractivity contribution >= 4 is 13.7 Å². The zero-order valence-corrected chi connectivity index (χ0v) is 9.38. The highest BCUT2D eigenvalue weighted by Gasteiger charge is 2.20. The number of carbonyl (C=O) groups is 1. The van der Waals surface area contributed by atoms with Crippen molar-refractivity contribution in [2.24, 2.45) is 5.41 Å². The quantitative estimate of drug-likeness (QED) is 0.471. The van der Waals surface area contributed by atoms with Gasteiger partial charge in [0.1, 0.15) is 0 Å². The van der Waals surface area contributed by atoms with Crippen LogP contribution < -0.4 is 5.32 Å². The van der Waals surface area contributed by atoms with Crippen LogP contribution in [0.25, 0.3) is 0 Å². The molecule has 0 saturated carbocycles. The molecule has 0 unspecified atom stereocenters. The number of hydrogen-bond donors (Lipinski definition) is 3. The van der Waals surface area contributed by atoms with Gasteiger partial charge in [-0.3, -0.25) is 9.32 Å². The summed E-state index contributed by atoms with van der Waals surface area (Å²) in [5.41, 5.74) is -0.512. The molecule has 0 aliphatic rings. The summed E-state index contributed by atoms with van der Waals surface area (Å²) < 4.78 is 14.4. The molecule has 7 heteroatoms. The molecule has 1 amide bonds. The molecule has 0 rings (SSSR count). The Kier molecular flexibility index (Phi) is 4.74. The second-order valence-electron chi connectivity index (χ2n) is 3.83. The molecule has 0 spiro atoms. The molecule has 0 aromatic heterocycles. The van der Waals surface area contributed by atoms with E-state index in [2.05, 4.69) is 9.84 Å². The first-order valence-corrected chi connectivity index (χ1v) is 5.64. The van der Waals surface area contributed by atoms with Crippen molar-refractivity contribution in [3.63, 3.8) is 0 Å². The highest BCUT2D eigenvalue weighted by molar-refractivity contribution is 7.46. The summed E-state index contributed by atoms with van der Waals surface area (Å²) >= 11 is 0. The lowest BCUT2D eigenvalue weighted by Crippen LogP contribution is -2.36. The van der Waals surface area contributed by atoms with Crippen LogP contribution >= 0.6 is 7.82 Å². The van der Waals surface area contributed by atoms with Crippen molar-refractivity contribution in [3.05, 3.63) is 0 Å². The van der Waals surface area contributed by atoms with Gasteiger partial charge < -0.3 is 15.1 Å². The summed E-state index contributed by atoms with van der Waals surface area (Å²) in [6.07, 6.45) is 0. The molecule has 0 radical (unpaired) electrons. The Balaban J connectivity index is 3.67. The maximum Gasteiger partial charge on any atom is 0.469 e. The third kappa shape index (κ3) is 7.03. The SMILES string of the molecule is CC(C)(C)C(=O)NCCOP(=O)(O)O. The molecule has 0 atom stereocenters. The first-order chi connectivity index (χ1) is 6.13. The van der Waals surface area contributed by atoms with Crippen LogP contribution in [0, 0.1) is 5.41 Å². The molecule has 0 aliphatic carbocycles. The van der Waals surface area contributed by atoms with Gasteiger partial charge in [-0.1, -0.05) is 20.8 Å². The predicted octanol–water partition coefficient (Wildman–Crippen LogP) is 0.258. The van der Waals surface area contributed by atoms with Crippen molar-refractivity contribution < 1.29 is 23.7 Å². The molecule has 3 N–H and O–H groups in total. The molecule has 0 saturated heterocycles. The number of phosphoric acid groups is 1. The van der Waals surface area contributed by atoms with Gasteiger partial charge in [-0.25, -0.2) is 4.57 Å². The van der Waals surface area contributed by atoms with E-state index >= 15 is 0 Å². The molecule has 84 valence electrons. The minimum absolute atomic E-state index is 0.0845. The minimum atomic E-state index is -4.42. The Hall–Kier alpha value is -0.420. The molecule has 0 bridgehead atoms. The summed E-state index contributed by atoms with van der Waals surface area (Å²) in [5, 5.41) is 2.49. The van der Waals surface area contributed by atoms with E-state index in [1.165, 1.54) is 0 Å². The number of nitrogens with one attached hydrogen (secondary N) is 1. The Bertz CT molecular complexity index is 241. The monoisotopic (exact) mass is 225 g/mol. The molecule has 0 aromatic carbocycles. The van der Waals surface area contributed by atoms with E-state index in [4.69, 9.17) is 9.79 Å². The Morgan fingerprint density at radius 1 is 1.43 bits per heavy atom. The lowest BCUT2D eigenvalue weighted by Gasteiger charge is -2.17. The number of hydrogen-bond acceptors (Lipinski definition) is 3. The van der Waals surface area contributed by atoms with Crippen LogP contribution in [0.1, 0.15) is 20.8 Å². The van der Waals surface area contributed by atoms with Crippen molar-refractivity contribution in [2.75, 3.05) is 13.2 Å². The standard InChI is InChI=1S/C7H16NO5P/c1-7(2,3)6(9)8-4-5-13-14(10,11)12/h4-5H2,1-3H3,(H,8,9)(H2,10,11,12). The van der Waals surface area contributed by atoms with Gasteiger partial charge >= 0.3 is 7.82 Å². The van der Waals surface area contributed by atoms with Crippen LogP contribution in [-0.2, 0) is 13.9 Å². The molecule has 0 aromatic rings.